The number of nitrogens with zero attached hydrogens (tertiary/aromatic N) is 2. The normalized spacial score (nSPS) is 13.8. The lowest BCUT2D eigenvalue weighted by atomic mass is 10.4. The fraction of sp³-hybridized carbons (Fsp3) is 0.118. The minimum absolute atomic E-state index is 0.857. The van der Waals surface area contributed by atoms with Crippen molar-refractivity contribution in [2.24, 2.45) is 0 Å². The van der Waals surface area contributed by atoms with Gasteiger partial charge in [0.2, 0.25) is 0 Å². The third kappa shape index (κ3) is 2.80. The van der Waals surface area contributed by atoms with Gasteiger partial charge in [0.15, 0.2) is 0 Å². The molecular weight excluding hydrogens is 296 g/mol. The first-order chi connectivity index (χ1) is 10.2. The Morgan fingerprint density at radius 1 is 1.05 bits per heavy atom. The lowest BCUT2D eigenvalue weighted by molar-refractivity contribution is 0.858. The molecule has 0 fully saturated rings. The number of rotatable bonds is 4. The molecule has 0 N–H and O–H groups in total. The van der Waals surface area contributed by atoms with E-state index in [1.165, 1.54) is 10.4 Å². The van der Waals surface area contributed by atoms with Crippen molar-refractivity contribution in [3.05, 3.63) is 78.3 Å². The van der Waals surface area contributed by atoms with Gasteiger partial charge in [-0.1, -0.05) is 71.9 Å². The van der Waals surface area contributed by atoms with Crippen LogP contribution in [0, 0.1) is 0 Å². The second kappa shape index (κ2) is 5.88. The molecule has 2 nitrogen and oxygen atoms in total. The van der Waals surface area contributed by atoms with Crippen molar-refractivity contribution in [3.63, 3.8) is 0 Å². The van der Waals surface area contributed by atoms with Gasteiger partial charge in [-0.15, -0.1) is 0 Å². The van der Waals surface area contributed by atoms with E-state index in [0.717, 1.165) is 11.2 Å². The Morgan fingerprint density at radius 2 is 1.76 bits per heavy atom. The fourth-order valence-electron chi connectivity index (χ4n) is 2.79. The minimum Gasteiger partial charge on any atom is -0.340 e. The van der Waals surface area contributed by atoms with E-state index in [4.69, 9.17) is 11.6 Å². The molecule has 0 amide bonds. The first-order valence-corrected chi connectivity index (χ1v) is 10.0. The van der Waals surface area contributed by atoms with Gasteiger partial charge >= 0.3 is 0 Å². The SMILES string of the molecule is C[Si](Cn1ccnc1)(c1ccccc1)c1ccccc1Cl. The zero-order valence-electron chi connectivity index (χ0n) is 11.9. The summed E-state index contributed by atoms with van der Waals surface area (Å²) >= 11 is 6.51. The zero-order chi connectivity index (χ0) is 14.7. The summed E-state index contributed by atoms with van der Waals surface area (Å²) in [5, 5.41) is 3.51. The predicted molar refractivity (Wildman–Crippen MR) is 91.0 cm³/mol. The zero-order valence-corrected chi connectivity index (χ0v) is 13.7. The molecule has 0 aliphatic rings. The number of hydrogen-bond donors (Lipinski definition) is 0. The maximum absolute atomic E-state index is 6.51. The maximum atomic E-state index is 6.51. The molecule has 2 aromatic carbocycles. The molecule has 1 heterocycles. The van der Waals surface area contributed by atoms with E-state index >= 15 is 0 Å². The van der Waals surface area contributed by atoms with E-state index in [1.807, 2.05) is 30.9 Å². The molecule has 0 saturated carbocycles. The van der Waals surface area contributed by atoms with Crippen molar-refractivity contribution < 1.29 is 0 Å². The van der Waals surface area contributed by atoms with E-state index < -0.39 is 8.07 Å². The molecule has 106 valence electrons. The standard InChI is InChI=1S/C17H17ClN2Si/c1-21(14-20-12-11-19-13-20,15-7-3-2-4-8-15)17-10-6-5-9-16(17)18/h2-13H,14H2,1H3. The summed E-state index contributed by atoms with van der Waals surface area (Å²) in [7, 11) is -1.96. The van der Waals surface area contributed by atoms with Crippen LogP contribution >= 0.6 is 11.6 Å². The second-order valence-electron chi connectivity index (χ2n) is 5.41. The second-order valence-corrected chi connectivity index (χ2v) is 9.92. The van der Waals surface area contributed by atoms with E-state index in [-0.39, 0.29) is 0 Å². The van der Waals surface area contributed by atoms with Crippen LogP contribution in [0.5, 0.6) is 0 Å². The quantitative estimate of drug-likeness (QED) is 0.677. The summed E-state index contributed by atoms with van der Waals surface area (Å²) in [6, 6.07) is 18.9. The van der Waals surface area contributed by atoms with Crippen molar-refractivity contribution >= 4 is 30.0 Å². The van der Waals surface area contributed by atoms with Gasteiger partial charge < -0.3 is 4.57 Å². The van der Waals surface area contributed by atoms with E-state index in [1.54, 1.807) is 0 Å². The molecule has 0 aliphatic carbocycles. The molecule has 4 heteroatoms. The minimum atomic E-state index is -1.96. The Kier molecular flexibility index (Phi) is 3.95. The van der Waals surface area contributed by atoms with Gasteiger partial charge in [0.1, 0.15) is 8.07 Å². The highest BCUT2D eigenvalue weighted by molar-refractivity contribution is 7.01. The molecule has 0 spiro atoms. The number of halogens is 1. The Hall–Kier alpha value is -1.84. The largest absolute Gasteiger partial charge is 0.340 e. The summed E-state index contributed by atoms with van der Waals surface area (Å²) in [6.07, 6.45) is 6.66. The number of hydrogen-bond acceptors (Lipinski definition) is 1. The lowest BCUT2D eigenvalue weighted by Crippen LogP contribution is -2.59. The number of aromatic nitrogens is 2. The van der Waals surface area contributed by atoms with E-state index in [9.17, 15) is 0 Å². The smallest absolute Gasteiger partial charge is 0.136 e. The van der Waals surface area contributed by atoms with Crippen LogP contribution in [0.3, 0.4) is 0 Å². The lowest BCUT2D eigenvalue weighted by Gasteiger charge is -2.30. The van der Waals surface area contributed by atoms with Gasteiger partial charge in [0, 0.05) is 23.6 Å². The molecule has 1 aromatic heterocycles. The van der Waals surface area contributed by atoms with Crippen LogP contribution in [-0.2, 0) is 6.17 Å². The molecule has 0 radical (unpaired) electrons. The van der Waals surface area contributed by atoms with Crippen LogP contribution in [0.15, 0.2) is 73.3 Å². The van der Waals surface area contributed by atoms with Gasteiger partial charge in [-0.3, -0.25) is 0 Å². The third-order valence-corrected chi connectivity index (χ3v) is 8.66. The average molecular weight is 313 g/mol. The molecular formula is C17H17ClN2Si. The summed E-state index contributed by atoms with van der Waals surface area (Å²) in [5.41, 5.74) is 0. The summed E-state index contributed by atoms with van der Waals surface area (Å²) in [4.78, 5) is 4.17. The number of benzene rings is 2. The highest BCUT2D eigenvalue weighted by Crippen LogP contribution is 2.15. The van der Waals surface area contributed by atoms with Crippen LogP contribution < -0.4 is 10.4 Å². The topological polar surface area (TPSA) is 17.8 Å². The van der Waals surface area contributed by atoms with Crippen LogP contribution in [0.1, 0.15) is 0 Å². The molecule has 1 atom stereocenters. The summed E-state index contributed by atoms with van der Waals surface area (Å²) in [5.74, 6) is 0. The van der Waals surface area contributed by atoms with Crippen molar-refractivity contribution in [2.45, 2.75) is 12.7 Å². The van der Waals surface area contributed by atoms with E-state index in [2.05, 4.69) is 58.6 Å². The van der Waals surface area contributed by atoms with Gasteiger partial charge in [-0.05, 0) is 11.3 Å². The predicted octanol–water partition coefficient (Wildman–Crippen LogP) is 2.97. The average Bonchev–Trinajstić information content (AvgIpc) is 3.01. The summed E-state index contributed by atoms with van der Waals surface area (Å²) in [6.45, 7) is 2.36. The Balaban J connectivity index is 2.13. The third-order valence-electron chi connectivity index (χ3n) is 3.94. The van der Waals surface area contributed by atoms with Crippen molar-refractivity contribution in [1.29, 1.82) is 0 Å². The van der Waals surface area contributed by atoms with Gasteiger partial charge in [0.05, 0.1) is 6.33 Å². The van der Waals surface area contributed by atoms with Crippen LogP contribution in [-0.4, -0.2) is 17.6 Å². The van der Waals surface area contributed by atoms with Crippen molar-refractivity contribution in [3.8, 4) is 0 Å². The molecule has 0 saturated heterocycles. The maximum Gasteiger partial charge on any atom is 0.136 e. The fourth-order valence-corrected chi connectivity index (χ4v) is 7.14. The monoisotopic (exact) mass is 312 g/mol. The number of imidazole rings is 1. The molecule has 0 aliphatic heterocycles. The van der Waals surface area contributed by atoms with Gasteiger partial charge in [0.25, 0.3) is 0 Å². The summed E-state index contributed by atoms with van der Waals surface area (Å²) < 4.78 is 2.16. The van der Waals surface area contributed by atoms with Crippen LogP contribution in [0.2, 0.25) is 11.6 Å². The van der Waals surface area contributed by atoms with Crippen LogP contribution in [0.25, 0.3) is 0 Å². The Morgan fingerprint density at radius 3 is 2.43 bits per heavy atom. The van der Waals surface area contributed by atoms with Crippen molar-refractivity contribution in [1.82, 2.24) is 9.55 Å². The first-order valence-electron chi connectivity index (χ1n) is 6.96. The Labute approximate surface area is 131 Å². The molecule has 21 heavy (non-hydrogen) atoms. The highest BCUT2D eigenvalue weighted by Gasteiger charge is 2.33. The van der Waals surface area contributed by atoms with Gasteiger partial charge in [-0.2, -0.15) is 0 Å². The van der Waals surface area contributed by atoms with E-state index in [0.29, 0.717) is 0 Å². The first kappa shape index (κ1) is 14.1. The van der Waals surface area contributed by atoms with Crippen LogP contribution in [0.4, 0.5) is 0 Å². The van der Waals surface area contributed by atoms with Crippen molar-refractivity contribution in [2.75, 3.05) is 0 Å². The van der Waals surface area contributed by atoms with Gasteiger partial charge in [-0.25, -0.2) is 4.98 Å². The molecule has 0 bridgehead atoms. The molecule has 3 aromatic rings. The molecule has 1 unspecified atom stereocenters. The molecule has 3 rings (SSSR count). The highest BCUT2D eigenvalue weighted by atomic mass is 35.5. The Bertz CT molecular complexity index is 713.